The number of ether oxygens (including phenoxy) is 1. The van der Waals surface area contributed by atoms with Crippen molar-refractivity contribution >= 4 is 55.5 Å². The zero-order chi connectivity index (χ0) is 25.6. The first kappa shape index (κ1) is 26.4. The van der Waals surface area contributed by atoms with Crippen LogP contribution < -0.4 is 14.4 Å². The Hall–Kier alpha value is -3.23. The van der Waals surface area contributed by atoms with Gasteiger partial charge in [-0.15, -0.1) is 10.2 Å². The van der Waals surface area contributed by atoms with Crippen LogP contribution >= 0.6 is 23.1 Å². The van der Waals surface area contributed by atoms with E-state index in [0.717, 1.165) is 33.5 Å². The molecule has 35 heavy (non-hydrogen) atoms. The van der Waals surface area contributed by atoms with Crippen molar-refractivity contribution < 1.29 is 22.9 Å². The molecule has 0 saturated heterocycles. The second-order valence-electron chi connectivity index (χ2n) is 7.23. The number of carbonyl (C=O) groups excluding carboxylic acids is 1. The van der Waals surface area contributed by atoms with Crippen LogP contribution in [-0.4, -0.2) is 48.9 Å². The van der Waals surface area contributed by atoms with Gasteiger partial charge in [-0.1, -0.05) is 60.4 Å². The van der Waals surface area contributed by atoms with Crippen LogP contribution in [0.25, 0.3) is 0 Å². The summed E-state index contributed by atoms with van der Waals surface area (Å²) in [5.41, 5.74) is 0.663. The number of nitro groups is 1. The molecule has 1 amide bonds. The number of hydrogen-bond donors (Lipinski definition) is 1. The van der Waals surface area contributed by atoms with E-state index < -0.39 is 26.9 Å². The maximum absolute atomic E-state index is 13.2. The van der Waals surface area contributed by atoms with Gasteiger partial charge in [0.05, 0.1) is 18.3 Å². The van der Waals surface area contributed by atoms with E-state index in [0.29, 0.717) is 10.1 Å². The Kier molecular flexibility index (Phi) is 8.64. The maximum atomic E-state index is 13.2. The average Bonchev–Trinajstić information content (AvgIpc) is 3.27. The van der Waals surface area contributed by atoms with E-state index in [4.69, 9.17) is 4.74 Å². The number of carbonyl (C=O) groups is 1. The predicted octanol–water partition coefficient (Wildman–Crippen LogP) is 3.93. The van der Waals surface area contributed by atoms with Gasteiger partial charge < -0.3 is 4.74 Å². The van der Waals surface area contributed by atoms with Gasteiger partial charge in [0, 0.05) is 17.9 Å². The topological polar surface area (TPSA) is 145 Å². The third-order valence-electron chi connectivity index (χ3n) is 4.78. The lowest BCUT2D eigenvalue weighted by molar-refractivity contribution is -0.384. The van der Waals surface area contributed by atoms with E-state index in [9.17, 15) is 23.3 Å². The minimum atomic E-state index is -4.04. The van der Waals surface area contributed by atoms with E-state index in [1.54, 1.807) is 6.92 Å². The highest BCUT2D eigenvalue weighted by Gasteiger charge is 2.35. The van der Waals surface area contributed by atoms with E-state index in [1.807, 2.05) is 30.3 Å². The summed E-state index contributed by atoms with van der Waals surface area (Å²) in [5.74, 6) is 0.0974. The van der Waals surface area contributed by atoms with Gasteiger partial charge in [0.1, 0.15) is 17.5 Å². The fraction of sp³-hybridized carbons (Fsp3) is 0.286. The molecule has 3 aromatic rings. The molecule has 0 radical (unpaired) electrons. The zero-order valence-corrected chi connectivity index (χ0v) is 21.5. The molecule has 14 heteroatoms. The molecule has 0 aliphatic carbocycles. The van der Waals surface area contributed by atoms with E-state index in [-0.39, 0.29) is 28.7 Å². The van der Waals surface area contributed by atoms with Crippen molar-refractivity contribution in [1.29, 1.82) is 0 Å². The molecule has 1 aromatic heterocycles. The van der Waals surface area contributed by atoms with Gasteiger partial charge in [-0.25, -0.2) is 8.42 Å². The zero-order valence-electron chi connectivity index (χ0n) is 19.1. The Labute approximate surface area is 210 Å². The first-order chi connectivity index (χ1) is 16.6. The quantitative estimate of drug-likeness (QED) is 0.166. The summed E-state index contributed by atoms with van der Waals surface area (Å²) < 4.78 is 32.2. The third kappa shape index (κ3) is 6.68. The van der Waals surface area contributed by atoms with Crippen molar-refractivity contribution in [1.82, 2.24) is 10.2 Å². The number of nitro benzene ring substituents is 1. The van der Waals surface area contributed by atoms with Crippen LogP contribution in [0.15, 0.2) is 52.9 Å². The summed E-state index contributed by atoms with van der Waals surface area (Å²) in [6, 6.07) is 12.1. The Morgan fingerprint density at radius 2 is 1.97 bits per heavy atom. The summed E-state index contributed by atoms with van der Waals surface area (Å²) in [7, 11) is -2.73. The fourth-order valence-electron chi connectivity index (χ4n) is 3.23. The molecule has 0 aliphatic rings. The molecule has 0 spiro atoms. The smallest absolute Gasteiger partial charge is 0.271 e. The Morgan fingerprint density at radius 3 is 2.57 bits per heavy atom. The maximum Gasteiger partial charge on any atom is 0.271 e. The molecule has 11 nitrogen and oxygen atoms in total. The standard InChI is InChI=1S/C21H23N5O6S3/c1-4-16(25(35(3,30)31)17-12-15(26(28)29)10-11-18(17)32-2)19(27)22-20-23-24-21(34-20)33-13-14-8-6-5-7-9-14/h5-12,16H,4,13H2,1-3H3,(H,22,23,27)/t16-/m0/s1. The van der Waals surface area contributed by atoms with Crippen LogP contribution in [0.3, 0.4) is 0 Å². The van der Waals surface area contributed by atoms with Gasteiger partial charge in [0.15, 0.2) is 4.34 Å². The number of benzene rings is 2. The number of nitrogens with one attached hydrogen (secondary N) is 1. The predicted molar refractivity (Wildman–Crippen MR) is 136 cm³/mol. The number of sulfonamides is 1. The molecule has 3 rings (SSSR count). The average molecular weight is 538 g/mol. The largest absolute Gasteiger partial charge is 0.495 e. The summed E-state index contributed by atoms with van der Waals surface area (Å²) >= 11 is 2.62. The molecule has 0 unspecified atom stereocenters. The number of non-ortho nitro benzene ring substituents is 1. The van der Waals surface area contributed by atoms with Crippen LogP contribution in [0.2, 0.25) is 0 Å². The van der Waals surface area contributed by atoms with Crippen molar-refractivity contribution in [2.24, 2.45) is 0 Å². The van der Waals surface area contributed by atoms with Crippen molar-refractivity contribution in [3.63, 3.8) is 0 Å². The molecule has 2 aromatic carbocycles. The molecular formula is C21H23N5O6S3. The first-order valence-corrected chi connectivity index (χ1v) is 13.9. The van der Waals surface area contributed by atoms with Crippen molar-refractivity contribution in [3.05, 3.63) is 64.2 Å². The molecule has 1 N–H and O–H groups in total. The lowest BCUT2D eigenvalue weighted by atomic mass is 10.1. The fourth-order valence-corrected chi connectivity index (χ4v) is 6.14. The van der Waals surface area contributed by atoms with Crippen LogP contribution in [-0.2, 0) is 20.6 Å². The highest BCUT2D eigenvalue weighted by Crippen LogP contribution is 2.36. The molecule has 0 aliphatic heterocycles. The second-order valence-corrected chi connectivity index (χ2v) is 11.3. The third-order valence-corrected chi connectivity index (χ3v) is 7.99. The Morgan fingerprint density at radius 1 is 1.26 bits per heavy atom. The molecule has 1 atom stereocenters. The molecule has 0 saturated carbocycles. The van der Waals surface area contributed by atoms with Gasteiger partial charge in [-0.05, 0) is 18.1 Å². The Bertz CT molecular complexity index is 1300. The summed E-state index contributed by atoms with van der Waals surface area (Å²) in [5, 5.41) is 22.2. The molecule has 0 fully saturated rings. The van der Waals surface area contributed by atoms with Crippen LogP contribution in [0.5, 0.6) is 5.75 Å². The second kappa shape index (κ2) is 11.5. The number of nitrogens with zero attached hydrogens (tertiary/aromatic N) is 4. The molecule has 186 valence electrons. The highest BCUT2D eigenvalue weighted by molar-refractivity contribution is 8.00. The summed E-state index contributed by atoms with van der Waals surface area (Å²) in [6.45, 7) is 1.63. The number of amides is 1. The minimum absolute atomic E-state index is 0.0720. The van der Waals surface area contributed by atoms with E-state index in [2.05, 4.69) is 15.5 Å². The number of anilines is 2. The van der Waals surface area contributed by atoms with Gasteiger partial charge in [0.2, 0.25) is 21.1 Å². The van der Waals surface area contributed by atoms with Gasteiger partial charge in [-0.3, -0.25) is 24.5 Å². The SMILES string of the molecule is CC[C@@H](C(=O)Nc1nnc(SCc2ccccc2)s1)N(c1cc([N+](=O)[O-])ccc1OC)S(C)(=O)=O. The van der Waals surface area contributed by atoms with Crippen molar-refractivity contribution in [2.45, 2.75) is 29.5 Å². The Balaban J connectivity index is 1.84. The van der Waals surface area contributed by atoms with Crippen LogP contribution in [0.4, 0.5) is 16.5 Å². The lowest BCUT2D eigenvalue weighted by Crippen LogP contribution is -2.47. The summed E-state index contributed by atoms with van der Waals surface area (Å²) in [6.07, 6.45) is 1.00. The number of rotatable bonds is 11. The number of hydrogen-bond acceptors (Lipinski definition) is 10. The molecular weight excluding hydrogens is 514 g/mol. The normalized spacial score (nSPS) is 12.1. The van der Waals surface area contributed by atoms with Crippen molar-refractivity contribution in [2.75, 3.05) is 23.0 Å². The first-order valence-electron chi connectivity index (χ1n) is 10.3. The minimum Gasteiger partial charge on any atom is -0.495 e. The van der Waals surface area contributed by atoms with Crippen LogP contribution in [0.1, 0.15) is 18.9 Å². The number of thioether (sulfide) groups is 1. The number of methoxy groups -OCH3 is 1. The van der Waals surface area contributed by atoms with Crippen LogP contribution in [0, 0.1) is 10.1 Å². The molecule has 0 bridgehead atoms. The van der Waals surface area contributed by atoms with E-state index in [1.165, 1.54) is 31.0 Å². The summed E-state index contributed by atoms with van der Waals surface area (Å²) in [4.78, 5) is 23.8. The van der Waals surface area contributed by atoms with Crippen molar-refractivity contribution in [3.8, 4) is 5.75 Å². The monoisotopic (exact) mass is 537 g/mol. The van der Waals surface area contributed by atoms with Gasteiger partial charge in [0.25, 0.3) is 5.69 Å². The van der Waals surface area contributed by atoms with Gasteiger partial charge >= 0.3 is 0 Å². The molecule has 1 heterocycles. The lowest BCUT2D eigenvalue weighted by Gasteiger charge is -2.30. The highest BCUT2D eigenvalue weighted by atomic mass is 32.2. The van der Waals surface area contributed by atoms with E-state index >= 15 is 0 Å². The number of aromatic nitrogens is 2. The van der Waals surface area contributed by atoms with Gasteiger partial charge in [-0.2, -0.15) is 0 Å².